The molecule has 12 fully saturated rings. The monoisotopic (exact) mass is 1580 g/mol. The van der Waals surface area contributed by atoms with Gasteiger partial charge in [-0.15, -0.1) is 0 Å². The Morgan fingerprint density at radius 3 is 1.44 bits per heavy atom. The predicted octanol–water partition coefficient (Wildman–Crippen LogP) is -9.62. The molecular formula is C70H116O39. The third-order valence-corrected chi connectivity index (χ3v) is 26.6. The number of rotatable bonds is 25. The molecule has 4 aliphatic carbocycles. The highest BCUT2D eigenvalue weighted by Crippen LogP contribution is 2.70. The van der Waals surface area contributed by atoms with Crippen LogP contribution in [0.5, 0.6) is 0 Å². The van der Waals surface area contributed by atoms with E-state index in [4.69, 9.17) is 75.8 Å². The molecule has 8 aliphatic heterocycles. The summed E-state index contributed by atoms with van der Waals surface area (Å²) in [5, 5.41) is 241. The first-order chi connectivity index (χ1) is 51.7. The summed E-state index contributed by atoms with van der Waals surface area (Å²) in [5.41, 5.74) is -1.04. The summed E-state index contributed by atoms with van der Waals surface area (Å²) in [6.07, 6.45) is -61.1. The fraction of sp³-hybridized carbons (Fsp3) is 0.986. The molecule has 12 rings (SSSR count). The smallest absolute Gasteiger partial charge is 0.187 e. The zero-order valence-electron chi connectivity index (χ0n) is 61.5. The van der Waals surface area contributed by atoms with Crippen LogP contribution in [0.15, 0.2) is 0 Å². The minimum absolute atomic E-state index is 0.0125. The first-order valence-corrected chi connectivity index (χ1v) is 38.1. The molecule has 47 atom stereocenters. The van der Waals surface area contributed by atoms with Crippen LogP contribution >= 0.6 is 0 Å². The van der Waals surface area contributed by atoms with Crippen LogP contribution in [0.25, 0.3) is 0 Å². The van der Waals surface area contributed by atoms with Crippen LogP contribution in [0.2, 0.25) is 0 Å². The average molecular weight is 1580 g/mol. The highest BCUT2D eigenvalue weighted by Gasteiger charge is 2.72. The number of carbonyl (C=O) groups excluding carboxylic acids is 1. The maximum absolute atomic E-state index is 15.1. The molecule has 0 amide bonds. The second-order valence-corrected chi connectivity index (χ2v) is 32.7. The van der Waals surface area contributed by atoms with Crippen LogP contribution in [0.3, 0.4) is 0 Å². The number of hydrogen-bond acceptors (Lipinski definition) is 39. The number of ketones is 1. The van der Waals surface area contributed by atoms with Gasteiger partial charge in [-0.2, -0.15) is 0 Å². The maximum Gasteiger partial charge on any atom is 0.187 e. The van der Waals surface area contributed by atoms with E-state index in [2.05, 4.69) is 20.8 Å². The third-order valence-electron chi connectivity index (χ3n) is 26.6. The van der Waals surface area contributed by atoms with Gasteiger partial charge in [-0.3, -0.25) is 4.79 Å². The van der Waals surface area contributed by atoms with Crippen molar-refractivity contribution in [2.45, 2.75) is 325 Å². The van der Waals surface area contributed by atoms with E-state index in [1.807, 2.05) is 6.92 Å². The van der Waals surface area contributed by atoms with Crippen molar-refractivity contribution in [3.05, 3.63) is 0 Å². The van der Waals surface area contributed by atoms with E-state index in [1.54, 1.807) is 7.11 Å². The topological polar surface area (TPSA) is 610 Å². The molecule has 8 heterocycles. The Labute approximate surface area is 627 Å². The van der Waals surface area contributed by atoms with Crippen molar-refractivity contribution in [3.63, 3.8) is 0 Å². The number of fused-ring (bicyclic) bond motifs is 7. The first kappa shape index (κ1) is 86.5. The largest absolute Gasteiger partial charge is 0.394 e. The van der Waals surface area contributed by atoms with Crippen molar-refractivity contribution in [1.29, 1.82) is 0 Å². The van der Waals surface area contributed by atoms with Gasteiger partial charge in [-0.1, -0.05) is 27.7 Å². The highest BCUT2D eigenvalue weighted by molar-refractivity contribution is 5.87. The fourth-order valence-corrected chi connectivity index (χ4v) is 20.0. The molecule has 109 heavy (non-hydrogen) atoms. The molecule has 8 saturated heterocycles. The Bertz CT molecular complexity index is 2930. The van der Waals surface area contributed by atoms with Gasteiger partial charge in [0.2, 0.25) is 0 Å². The summed E-state index contributed by atoms with van der Waals surface area (Å²) in [5.74, 6) is -1.07. The molecule has 39 nitrogen and oxygen atoms in total. The lowest BCUT2D eigenvalue weighted by Crippen LogP contribution is -2.69. The van der Waals surface area contributed by atoms with Gasteiger partial charge >= 0.3 is 0 Å². The molecule has 39 heteroatoms. The first-order valence-electron chi connectivity index (χ1n) is 38.1. The van der Waals surface area contributed by atoms with Crippen LogP contribution < -0.4 is 0 Å². The van der Waals surface area contributed by atoms with E-state index < -0.39 is 272 Å². The lowest BCUT2D eigenvalue weighted by Gasteiger charge is -2.60. The molecule has 12 aliphatic rings. The minimum Gasteiger partial charge on any atom is -0.394 e. The van der Waals surface area contributed by atoms with Gasteiger partial charge in [-0.25, -0.2) is 0 Å². The highest BCUT2D eigenvalue weighted by atomic mass is 16.8. The summed E-state index contributed by atoms with van der Waals surface area (Å²) in [7, 11) is 1.61. The fourth-order valence-electron chi connectivity index (χ4n) is 20.0. The van der Waals surface area contributed by atoms with E-state index in [-0.39, 0.29) is 65.3 Å². The van der Waals surface area contributed by atoms with E-state index in [0.717, 1.165) is 12.8 Å². The number of Topliss-reactive ketones (excluding diaryl/α,β-unsaturated/α-hetero) is 1. The van der Waals surface area contributed by atoms with E-state index in [1.165, 1.54) is 6.92 Å². The molecule has 0 bridgehead atoms. The Kier molecular flexibility index (Phi) is 27.8. The zero-order valence-corrected chi connectivity index (χ0v) is 61.5. The molecular weight excluding hydrogens is 1460 g/mol. The number of carbonyl (C=O) groups is 1. The van der Waals surface area contributed by atoms with E-state index in [0.29, 0.717) is 44.9 Å². The summed E-state index contributed by atoms with van der Waals surface area (Å²) < 4.78 is 96.7. The molecule has 630 valence electrons. The molecule has 0 aromatic rings. The van der Waals surface area contributed by atoms with Crippen molar-refractivity contribution in [1.82, 2.24) is 0 Å². The summed E-state index contributed by atoms with van der Waals surface area (Å²) >= 11 is 0. The number of ether oxygens (including phenoxy) is 16. The standard InChI is InChI=1S/C70H116O39/c1-23(22-95-61-50(88)46(84)41(79)32(16-71)98-61)9-12-70(94-6)24(2)39-31(109-70)14-30-28-8-7-26-13-27(10-11-68(26,4)29(28)15-38(77)69(30,39)5)97-63-53(91)48(86)57(37(21-76)102-63)105-67-60(108-66-55(93)58(43(81)34(18-73)100-66)106-64-52(90)47(85)42(80)33(17-72)99-64)59(44(82)35(19-74)101-67)107-65-54(92)49(87)56(36(20-75)103-65)104-62-51(89)45(83)40(78)25(3)96-62/h23-37,39-67,71-76,78-93H,7-22H2,1-6H3/t23-,24+,25+,26+,27+,28-,29+,30+,31+,32-,33-,34-,35-,36-,37-,39+,40+,41-,42-,43-,44-,45-,46+,47+,48-,49-,50-,51-,52-,53-,54-,55-,56-,57-,58+,59+,60-,61-,62+,63-,64+,65+,66+,67+,68+,69-,70-/m1/s1. The summed E-state index contributed by atoms with van der Waals surface area (Å²) in [4.78, 5) is 15.1. The van der Waals surface area contributed by atoms with Gasteiger partial charge in [0.1, 0.15) is 171 Å². The Morgan fingerprint density at radius 2 is 0.881 bits per heavy atom. The van der Waals surface area contributed by atoms with E-state index in [9.17, 15) is 112 Å². The van der Waals surface area contributed by atoms with Gasteiger partial charge in [0, 0.05) is 37.2 Å². The number of aliphatic hydroxyl groups is 22. The number of aliphatic hydroxyl groups excluding tert-OH is 22. The second kappa shape index (κ2) is 35.0. The molecule has 0 radical (unpaired) electrons. The van der Waals surface area contributed by atoms with Crippen LogP contribution in [-0.2, 0) is 80.6 Å². The van der Waals surface area contributed by atoms with Crippen molar-refractivity contribution in [3.8, 4) is 0 Å². The van der Waals surface area contributed by atoms with Crippen LogP contribution in [0.4, 0.5) is 0 Å². The van der Waals surface area contributed by atoms with E-state index >= 15 is 4.79 Å². The molecule has 0 spiro atoms. The van der Waals surface area contributed by atoms with Crippen molar-refractivity contribution < 1.29 is 193 Å². The molecule has 0 aromatic carbocycles. The molecule has 4 saturated carbocycles. The summed E-state index contributed by atoms with van der Waals surface area (Å²) in [6.45, 7) is 4.13. The van der Waals surface area contributed by atoms with Crippen molar-refractivity contribution in [2.24, 2.45) is 52.3 Å². The van der Waals surface area contributed by atoms with Crippen molar-refractivity contribution >= 4 is 5.78 Å². The van der Waals surface area contributed by atoms with Gasteiger partial charge in [0.15, 0.2) is 49.8 Å². The van der Waals surface area contributed by atoms with Crippen LogP contribution in [0.1, 0.15) is 92.4 Å². The number of methoxy groups -OCH3 is 1. The normalized spacial score (nSPS) is 54.7. The third kappa shape index (κ3) is 16.0. The molecule has 0 aromatic heterocycles. The quantitative estimate of drug-likeness (QED) is 0.0378. The lowest BCUT2D eigenvalue weighted by atomic mass is 9.44. The SMILES string of the molecule is CO[C@]1(CC[C@@H](C)CO[C@@H]2O[C@H](CO)[C@@H](O)[C@H](O)[C@H]2O)O[C@H]2C[C@H]3[C@@H]4CC[C@H]5C[C@@H](O[C@@H]6O[C@H](CO)[C@@H](O[C@@H]7O[C@H](CO)[C@@H](O)[C@H](O[C@@H]8O[C@H](CO)[C@@H](O[C@@H]9O[C@@H](C)[C@H](O)[C@@H](O)[C@H]9O)[C@H](O)[C@H]8O)[C@H]7O[C@@H]7O[C@H](CO)[C@@H](O)[C@H](O[C@@H]8O[C@H](CO)[C@@H](O)[C@H](O)[C@H]8O)[C@H]7O)[C@H](O)[C@H]6O)CC[C@]5(C)[C@H]4CC(=O)[C@]3(C)[C@H]2[C@@H]1C. The lowest BCUT2D eigenvalue weighted by molar-refractivity contribution is -0.414. The van der Waals surface area contributed by atoms with Gasteiger partial charge in [-0.05, 0) is 86.9 Å². The summed E-state index contributed by atoms with van der Waals surface area (Å²) in [6, 6.07) is 0. The van der Waals surface area contributed by atoms with Gasteiger partial charge in [0.25, 0.3) is 0 Å². The maximum atomic E-state index is 15.1. The zero-order chi connectivity index (χ0) is 79.1. The average Bonchev–Trinajstić information content (AvgIpc) is 1.46. The van der Waals surface area contributed by atoms with Crippen LogP contribution in [-0.4, -0.2) is 404 Å². The predicted molar refractivity (Wildman–Crippen MR) is 353 cm³/mol. The molecule has 0 unspecified atom stereocenters. The van der Waals surface area contributed by atoms with Crippen molar-refractivity contribution in [2.75, 3.05) is 53.4 Å². The number of hydrogen-bond donors (Lipinski definition) is 22. The Balaban J connectivity index is 0.727. The minimum atomic E-state index is -2.32. The molecule has 22 N–H and O–H groups in total. The van der Waals surface area contributed by atoms with Crippen LogP contribution in [0, 0.1) is 52.3 Å². The Morgan fingerprint density at radius 1 is 0.440 bits per heavy atom. The van der Waals surface area contributed by atoms with Gasteiger partial charge in [0.05, 0.1) is 64.6 Å². The van der Waals surface area contributed by atoms with Gasteiger partial charge < -0.3 is 188 Å². The second-order valence-electron chi connectivity index (χ2n) is 32.7. The Hall–Kier alpha value is -1.85.